The van der Waals surface area contributed by atoms with Crippen LogP contribution in [-0.2, 0) is 17.6 Å². The van der Waals surface area contributed by atoms with E-state index in [0.29, 0.717) is 17.7 Å². The molecule has 1 aromatic rings. The van der Waals surface area contributed by atoms with Crippen LogP contribution in [0.4, 0.5) is 0 Å². The smallest absolute Gasteiger partial charge is 0.228 e. The SMILES string of the molecule is CCCCCC[C@@H](Cl)CCCCCc1cc(O)c(CCCCC[C@@H](Cl)CCCCCC)c(O[C@@H]2OC[C@@H](O)[C@H](O)[C@H]2O)c1. The molecule has 1 saturated heterocycles. The Morgan fingerprint density at radius 1 is 0.721 bits per heavy atom. The van der Waals surface area contributed by atoms with E-state index in [1.54, 1.807) is 0 Å². The Balaban J connectivity index is 1.91. The van der Waals surface area contributed by atoms with Gasteiger partial charge in [-0.2, -0.15) is 0 Å². The standard InChI is InChI=1S/C35H60Cl2O6/c1-3-5-7-12-18-27(36)20-14-9-11-17-26-23-30(38)29(22-16-10-15-21-28(37)19-13-8-6-4-2)32(24-26)43-35-34(41)33(40)31(39)25-42-35/h23-24,27-28,31,33-35,38-41H,3-22,25H2,1-2H3/t27-,28+,31-,33+,34-,35+/m1/s1. The van der Waals surface area contributed by atoms with E-state index in [2.05, 4.69) is 13.8 Å². The number of phenolic OH excluding ortho intramolecular Hbond substituents is 1. The molecule has 6 nitrogen and oxygen atoms in total. The second-order valence-corrected chi connectivity index (χ2v) is 13.8. The summed E-state index contributed by atoms with van der Waals surface area (Å²) in [6.07, 6.45) is 16.5. The number of hydrogen-bond donors (Lipinski definition) is 4. The van der Waals surface area contributed by atoms with E-state index in [4.69, 9.17) is 32.7 Å². The van der Waals surface area contributed by atoms with Gasteiger partial charge in [0, 0.05) is 16.3 Å². The average Bonchev–Trinajstić information content (AvgIpc) is 2.98. The molecule has 0 amide bonds. The molecule has 43 heavy (non-hydrogen) atoms. The number of hydrogen-bond acceptors (Lipinski definition) is 6. The predicted molar refractivity (Wildman–Crippen MR) is 178 cm³/mol. The molecule has 1 heterocycles. The van der Waals surface area contributed by atoms with Crippen LogP contribution in [0.15, 0.2) is 12.1 Å². The monoisotopic (exact) mass is 646 g/mol. The summed E-state index contributed by atoms with van der Waals surface area (Å²) in [4.78, 5) is 0. The van der Waals surface area contributed by atoms with Crippen LogP contribution in [0.2, 0.25) is 0 Å². The van der Waals surface area contributed by atoms with Crippen LogP contribution in [0, 0.1) is 0 Å². The van der Waals surface area contributed by atoms with E-state index >= 15 is 0 Å². The molecule has 1 aromatic carbocycles. The molecule has 8 heteroatoms. The quantitative estimate of drug-likeness (QED) is 0.0663. The molecule has 0 bridgehead atoms. The number of halogens is 2. The van der Waals surface area contributed by atoms with Gasteiger partial charge in [0.15, 0.2) is 0 Å². The lowest BCUT2D eigenvalue weighted by Gasteiger charge is -2.35. The van der Waals surface area contributed by atoms with Crippen molar-refractivity contribution in [3.05, 3.63) is 23.3 Å². The predicted octanol–water partition coefficient (Wildman–Crippen LogP) is 8.57. The highest BCUT2D eigenvalue weighted by Crippen LogP contribution is 2.34. The van der Waals surface area contributed by atoms with Crippen LogP contribution in [0.1, 0.15) is 141 Å². The fraction of sp³-hybridized carbons (Fsp3) is 0.829. The Morgan fingerprint density at radius 2 is 1.23 bits per heavy atom. The number of benzene rings is 1. The van der Waals surface area contributed by atoms with E-state index in [1.165, 1.54) is 51.4 Å². The molecule has 0 saturated carbocycles. The molecule has 2 rings (SSSR count). The third kappa shape index (κ3) is 15.4. The van der Waals surface area contributed by atoms with Crippen molar-refractivity contribution in [3.8, 4) is 11.5 Å². The van der Waals surface area contributed by atoms with Crippen molar-refractivity contribution >= 4 is 23.2 Å². The first-order valence-corrected chi connectivity index (χ1v) is 18.1. The number of phenols is 1. The molecule has 0 aromatic heterocycles. The fourth-order valence-electron chi connectivity index (χ4n) is 5.78. The van der Waals surface area contributed by atoms with Gasteiger partial charge in [0.05, 0.1) is 6.61 Å². The number of aryl methyl sites for hydroxylation is 1. The minimum Gasteiger partial charge on any atom is -0.508 e. The van der Waals surface area contributed by atoms with Crippen molar-refractivity contribution in [2.75, 3.05) is 6.61 Å². The number of ether oxygens (including phenoxy) is 2. The maximum absolute atomic E-state index is 11.0. The number of aliphatic hydroxyl groups is 3. The van der Waals surface area contributed by atoms with Crippen molar-refractivity contribution in [1.29, 1.82) is 0 Å². The largest absolute Gasteiger partial charge is 0.508 e. The zero-order chi connectivity index (χ0) is 31.5. The van der Waals surface area contributed by atoms with Crippen molar-refractivity contribution in [3.63, 3.8) is 0 Å². The van der Waals surface area contributed by atoms with Gasteiger partial charge in [0.25, 0.3) is 0 Å². The van der Waals surface area contributed by atoms with Crippen LogP contribution < -0.4 is 4.74 Å². The minimum atomic E-state index is -1.40. The van der Waals surface area contributed by atoms with Crippen LogP contribution in [-0.4, -0.2) is 62.4 Å². The number of alkyl halides is 2. The van der Waals surface area contributed by atoms with Crippen molar-refractivity contribution in [2.24, 2.45) is 0 Å². The van der Waals surface area contributed by atoms with Gasteiger partial charge in [0.1, 0.15) is 29.8 Å². The van der Waals surface area contributed by atoms with Crippen LogP contribution in [0.25, 0.3) is 0 Å². The molecule has 0 radical (unpaired) electrons. The van der Waals surface area contributed by atoms with Gasteiger partial charge < -0.3 is 29.9 Å². The minimum absolute atomic E-state index is 0.137. The third-order valence-corrected chi connectivity index (χ3v) is 9.48. The molecular formula is C35H60Cl2O6. The Labute approximate surface area is 271 Å². The van der Waals surface area contributed by atoms with Crippen molar-refractivity contribution < 1.29 is 29.9 Å². The lowest BCUT2D eigenvalue weighted by Crippen LogP contribution is -2.54. The molecule has 0 aliphatic carbocycles. The Kier molecular flexibility index (Phi) is 20.3. The zero-order valence-corrected chi connectivity index (χ0v) is 28.3. The molecule has 1 aliphatic rings. The number of unbranched alkanes of at least 4 members (excludes halogenated alkanes) is 10. The second-order valence-electron chi connectivity index (χ2n) is 12.6. The van der Waals surface area contributed by atoms with E-state index in [1.807, 2.05) is 12.1 Å². The van der Waals surface area contributed by atoms with E-state index in [0.717, 1.165) is 76.2 Å². The Hall–Kier alpha value is -0.760. The summed E-state index contributed by atoms with van der Waals surface area (Å²) in [5.74, 6) is 0.638. The lowest BCUT2D eigenvalue weighted by atomic mass is 9.98. The van der Waals surface area contributed by atoms with Gasteiger partial charge >= 0.3 is 0 Å². The molecule has 1 aliphatic heterocycles. The highest BCUT2D eigenvalue weighted by atomic mass is 35.5. The average molecular weight is 648 g/mol. The summed E-state index contributed by atoms with van der Waals surface area (Å²) < 4.78 is 11.6. The summed E-state index contributed by atoms with van der Waals surface area (Å²) in [6, 6.07) is 3.74. The highest BCUT2D eigenvalue weighted by molar-refractivity contribution is 6.20. The summed E-state index contributed by atoms with van der Waals surface area (Å²) >= 11 is 13.1. The van der Waals surface area contributed by atoms with Gasteiger partial charge in [-0.15, -0.1) is 23.2 Å². The Morgan fingerprint density at radius 3 is 1.77 bits per heavy atom. The maximum atomic E-state index is 11.0. The first-order valence-electron chi connectivity index (χ1n) is 17.2. The summed E-state index contributed by atoms with van der Waals surface area (Å²) in [7, 11) is 0. The van der Waals surface area contributed by atoms with E-state index in [9.17, 15) is 20.4 Å². The second kappa shape index (κ2) is 22.7. The summed E-state index contributed by atoms with van der Waals surface area (Å²) in [5, 5.41) is 42.0. The van der Waals surface area contributed by atoms with Gasteiger partial charge in [-0.25, -0.2) is 0 Å². The summed E-state index contributed by atoms with van der Waals surface area (Å²) in [5.41, 5.74) is 1.63. The molecule has 6 atom stereocenters. The number of rotatable bonds is 24. The first-order chi connectivity index (χ1) is 20.8. The normalized spacial score (nSPS) is 22.0. The van der Waals surface area contributed by atoms with Crippen LogP contribution in [0.3, 0.4) is 0 Å². The topological polar surface area (TPSA) is 99.4 Å². The molecule has 4 N–H and O–H groups in total. The maximum Gasteiger partial charge on any atom is 0.228 e. The van der Waals surface area contributed by atoms with Crippen molar-refractivity contribution in [1.82, 2.24) is 0 Å². The molecule has 250 valence electrons. The first kappa shape index (κ1) is 38.4. The van der Waals surface area contributed by atoms with Gasteiger partial charge in [-0.1, -0.05) is 90.9 Å². The number of aromatic hydroxyl groups is 1. The Bertz CT molecular complexity index is 856. The number of aliphatic hydroxyl groups excluding tert-OH is 3. The van der Waals surface area contributed by atoms with Crippen molar-refractivity contribution in [2.45, 2.75) is 178 Å². The summed E-state index contributed by atoms with van der Waals surface area (Å²) in [6.45, 7) is 4.30. The van der Waals surface area contributed by atoms with Gasteiger partial charge in [-0.3, -0.25) is 0 Å². The van der Waals surface area contributed by atoms with Crippen LogP contribution in [0.5, 0.6) is 11.5 Å². The fourth-order valence-corrected chi connectivity index (χ4v) is 6.40. The zero-order valence-electron chi connectivity index (χ0n) is 26.8. The highest BCUT2D eigenvalue weighted by Gasteiger charge is 2.39. The third-order valence-electron chi connectivity index (χ3n) is 8.61. The molecule has 1 fully saturated rings. The lowest BCUT2D eigenvalue weighted by molar-refractivity contribution is -0.242. The molecule has 0 unspecified atom stereocenters. The van der Waals surface area contributed by atoms with E-state index < -0.39 is 24.6 Å². The van der Waals surface area contributed by atoms with Crippen LogP contribution >= 0.6 is 23.2 Å². The van der Waals surface area contributed by atoms with Gasteiger partial charge in [-0.05, 0) is 69.1 Å². The van der Waals surface area contributed by atoms with Gasteiger partial charge in [0.2, 0.25) is 6.29 Å². The van der Waals surface area contributed by atoms with E-state index in [-0.39, 0.29) is 23.1 Å². The molecular weight excluding hydrogens is 587 g/mol. The molecule has 0 spiro atoms.